The molecular weight excluding hydrogens is 406 g/mol. The molecule has 0 aromatic carbocycles. The van der Waals surface area contributed by atoms with Crippen LogP contribution in [0.5, 0.6) is 0 Å². The van der Waals surface area contributed by atoms with Gasteiger partial charge in [0.15, 0.2) is 5.96 Å². The number of nitrogens with zero attached hydrogens (tertiary/aromatic N) is 5. The summed E-state index contributed by atoms with van der Waals surface area (Å²) < 4.78 is 5.41. The molecule has 2 fully saturated rings. The van der Waals surface area contributed by atoms with E-state index in [1.54, 1.807) is 19.0 Å². The van der Waals surface area contributed by atoms with Crippen LogP contribution in [0.25, 0.3) is 0 Å². The van der Waals surface area contributed by atoms with Crippen LogP contribution in [0.4, 0.5) is 0 Å². The molecule has 0 bridgehead atoms. The average molecular weight is 446 g/mol. The van der Waals surface area contributed by atoms with Crippen molar-refractivity contribution in [1.82, 2.24) is 30.3 Å². The zero-order chi connectivity index (χ0) is 22.6. The fourth-order valence-electron chi connectivity index (χ4n) is 3.92. The highest BCUT2D eigenvalue weighted by atomic mass is 16.5. The van der Waals surface area contributed by atoms with E-state index in [-0.39, 0.29) is 12.5 Å². The Labute approximate surface area is 192 Å². The van der Waals surface area contributed by atoms with Crippen LogP contribution < -0.4 is 10.6 Å². The predicted octanol–water partition coefficient (Wildman–Crippen LogP) is 0.392. The molecule has 9 heteroatoms. The third-order valence-corrected chi connectivity index (χ3v) is 5.96. The number of likely N-dealkylation sites (tertiary alicyclic amines) is 1. The molecule has 2 aliphatic rings. The van der Waals surface area contributed by atoms with Crippen LogP contribution in [0.1, 0.15) is 25.0 Å². The molecule has 0 radical (unpaired) electrons. The molecule has 1 amide bonds. The van der Waals surface area contributed by atoms with E-state index in [1.165, 1.54) is 0 Å². The fraction of sp³-hybridized carbons (Fsp3) is 0.696. The van der Waals surface area contributed by atoms with E-state index in [0.29, 0.717) is 6.04 Å². The maximum Gasteiger partial charge on any atom is 0.243 e. The summed E-state index contributed by atoms with van der Waals surface area (Å²) in [7, 11) is 3.52. The molecule has 2 saturated heterocycles. The number of hydrogen-bond donors (Lipinski definition) is 2. The topological polar surface area (TPSA) is 85.3 Å². The highest BCUT2D eigenvalue weighted by Crippen LogP contribution is 2.13. The Morgan fingerprint density at radius 3 is 2.66 bits per heavy atom. The zero-order valence-electron chi connectivity index (χ0n) is 19.6. The monoisotopic (exact) mass is 445 g/mol. The largest absolute Gasteiger partial charge is 0.379 e. The van der Waals surface area contributed by atoms with Gasteiger partial charge in [-0.15, -0.1) is 0 Å². The number of carbonyl (C=O) groups is 1. The van der Waals surface area contributed by atoms with Gasteiger partial charge in [-0.05, 0) is 37.9 Å². The summed E-state index contributed by atoms with van der Waals surface area (Å²) in [4.78, 5) is 27.5. The predicted molar refractivity (Wildman–Crippen MR) is 127 cm³/mol. The lowest BCUT2D eigenvalue weighted by atomic mass is 10.0. The van der Waals surface area contributed by atoms with Crippen LogP contribution in [-0.2, 0) is 16.1 Å². The molecule has 0 atom stereocenters. The Morgan fingerprint density at radius 2 is 1.97 bits per heavy atom. The molecule has 178 valence electrons. The first-order valence-corrected chi connectivity index (χ1v) is 11.8. The van der Waals surface area contributed by atoms with E-state index >= 15 is 0 Å². The molecule has 32 heavy (non-hydrogen) atoms. The van der Waals surface area contributed by atoms with Crippen LogP contribution in [0.3, 0.4) is 0 Å². The number of piperidine rings is 1. The number of nitrogens with one attached hydrogen (secondary N) is 2. The molecule has 1 aromatic rings. The van der Waals surface area contributed by atoms with Crippen molar-refractivity contribution in [3.63, 3.8) is 0 Å². The molecule has 2 aliphatic heterocycles. The molecule has 3 rings (SSSR count). The second kappa shape index (κ2) is 13.3. The van der Waals surface area contributed by atoms with E-state index in [2.05, 4.69) is 36.5 Å². The van der Waals surface area contributed by atoms with Crippen LogP contribution in [-0.4, -0.2) is 111 Å². The van der Waals surface area contributed by atoms with Crippen LogP contribution in [0.2, 0.25) is 0 Å². The Morgan fingerprint density at radius 1 is 1.19 bits per heavy atom. The third kappa shape index (κ3) is 8.72. The summed E-state index contributed by atoms with van der Waals surface area (Å²) in [5, 5.41) is 7.00. The minimum atomic E-state index is 0.00426. The van der Waals surface area contributed by atoms with Crippen molar-refractivity contribution in [2.24, 2.45) is 4.99 Å². The fourth-order valence-corrected chi connectivity index (χ4v) is 3.92. The first-order valence-electron chi connectivity index (χ1n) is 11.8. The molecule has 0 spiro atoms. The van der Waals surface area contributed by atoms with Crippen LogP contribution in [0.15, 0.2) is 29.4 Å². The standard InChI is InChI=1S/C23H39N7O2/c1-28(2)22(31)18-26-23(25-10-5-11-29-14-16-32-17-15-29)27-20-7-12-30(13-8-20)19-21-6-3-4-9-24-21/h3-4,6,9,20H,5,7-8,10-19H2,1-2H3,(H2,25,26,27). The number of likely N-dealkylation sites (N-methyl/N-ethyl adjacent to an activating group) is 1. The van der Waals surface area contributed by atoms with Gasteiger partial charge in [0.1, 0.15) is 6.54 Å². The maximum atomic E-state index is 12.0. The van der Waals surface area contributed by atoms with Gasteiger partial charge in [-0.1, -0.05) is 6.07 Å². The number of guanidine groups is 1. The van der Waals surface area contributed by atoms with Gasteiger partial charge in [-0.3, -0.25) is 19.6 Å². The number of hydrogen-bond acceptors (Lipinski definition) is 6. The number of aromatic nitrogens is 1. The van der Waals surface area contributed by atoms with Crippen molar-refractivity contribution in [3.8, 4) is 0 Å². The van der Waals surface area contributed by atoms with Crippen molar-refractivity contribution in [3.05, 3.63) is 30.1 Å². The van der Waals surface area contributed by atoms with Crippen LogP contribution in [0, 0.1) is 0 Å². The highest BCUT2D eigenvalue weighted by Gasteiger charge is 2.20. The van der Waals surface area contributed by atoms with E-state index in [9.17, 15) is 4.79 Å². The number of pyridine rings is 1. The van der Waals surface area contributed by atoms with Gasteiger partial charge in [-0.2, -0.15) is 0 Å². The zero-order valence-corrected chi connectivity index (χ0v) is 19.6. The van der Waals surface area contributed by atoms with Gasteiger partial charge in [-0.25, -0.2) is 4.99 Å². The van der Waals surface area contributed by atoms with Crippen molar-refractivity contribution in [2.75, 3.05) is 73.1 Å². The Hall–Kier alpha value is -2.23. The number of morpholine rings is 1. The summed E-state index contributed by atoms with van der Waals surface area (Å²) in [6.07, 6.45) is 4.98. The lowest BCUT2D eigenvalue weighted by Gasteiger charge is -2.33. The molecule has 2 N–H and O–H groups in total. The number of rotatable bonds is 9. The molecule has 9 nitrogen and oxygen atoms in total. The molecular formula is C23H39N7O2. The second-order valence-electron chi connectivity index (χ2n) is 8.70. The molecule has 3 heterocycles. The lowest BCUT2D eigenvalue weighted by Crippen LogP contribution is -2.49. The summed E-state index contributed by atoms with van der Waals surface area (Å²) in [6.45, 7) is 8.65. The summed E-state index contributed by atoms with van der Waals surface area (Å²) in [5.74, 6) is 0.745. The second-order valence-corrected chi connectivity index (χ2v) is 8.70. The Balaban J connectivity index is 1.43. The van der Waals surface area contributed by atoms with E-state index < -0.39 is 0 Å². The van der Waals surface area contributed by atoms with Gasteiger partial charge < -0.3 is 20.3 Å². The molecule has 0 unspecified atom stereocenters. The normalized spacial score (nSPS) is 19.0. The number of carbonyl (C=O) groups excluding carboxylic acids is 1. The van der Waals surface area contributed by atoms with Crippen molar-refractivity contribution >= 4 is 11.9 Å². The van der Waals surface area contributed by atoms with Crippen molar-refractivity contribution < 1.29 is 9.53 Å². The quantitative estimate of drug-likeness (QED) is 0.323. The molecule has 1 aromatic heterocycles. The van der Waals surface area contributed by atoms with Gasteiger partial charge in [0, 0.05) is 65.6 Å². The van der Waals surface area contributed by atoms with Crippen molar-refractivity contribution in [1.29, 1.82) is 0 Å². The summed E-state index contributed by atoms with van der Waals surface area (Å²) in [6, 6.07) is 6.43. The third-order valence-electron chi connectivity index (χ3n) is 5.96. The van der Waals surface area contributed by atoms with Gasteiger partial charge in [0.25, 0.3) is 0 Å². The SMILES string of the molecule is CN(C)C(=O)CN=C(NCCCN1CCOCC1)NC1CCN(Cc2ccccn2)CC1. The summed E-state index contributed by atoms with van der Waals surface area (Å²) in [5.41, 5.74) is 1.12. The highest BCUT2D eigenvalue weighted by molar-refractivity contribution is 5.84. The number of amides is 1. The first-order chi connectivity index (χ1) is 15.6. The molecule has 0 aliphatic carbocycles. The lowest BCUT2D eigenvalue weighted by molar-refractivity contribution is -0.127. The number of aliphatic imine (C=N–C) groups is 1. The minimum Gasteiger partial charge on any atom is -0.379 e. The average Bonchev–Trinajstić information content (AvgIpc) is 2.82. The maximum absolute atomic E-state index is 12.0. The Bertz CT molecular complexity index is 700. The minimum absolute atomic E-state index is 0.00426. The molecule has 0 saturated carbocycles. The van der Waals surface area contributed by atoms with Gasteiger partial charge in [0.2, 0.25) is 5.91 Å². The van der Waals surface area contributed by atoms with E-state index in [0.717, 1.165) is 89.9 Å². The van der Waals surface area contributed by atoms with E-state index in [1.807, 2.05) is 18.3 Å². The Kier molecular flexibility index (Phi) is 10.2. The smallest absolute Gasteiger partial charge is 0.243 e. The first kappa shape index (κ1) is 24.4. The van der Waals surface area contributed by atoms with Crippen LogP contribution >= 0.6 is 0 Å². The van der Waals surface area contributed by atoms with Crippen molar-refractivity contribution in [2.45, 2.75) is 31.8 Å². The van der Waals surface area contributed by atoms with Gasteiger partial charge in [0.05, 0.1) is 18.9 Å². The summed E-state index contributed by atoms with van der Waals surface area (Å²) >= 11 is 0. The van der Waals surface area contributed by atoms with Gasteiger partial charge >= 0.3 is 0 Å². The number of ether oxygens (including phenoxy) is 1. The van der Waals surface area contributed by atoms with E-state index in [4.69, 9.17) is 4.74 Å².